The maximum absolute atomic E-state index is 12.3. The molecule has 0 fully saturated rings. The van der Waals surface area contributed by atoms with Gasteiger partial charge in [0.05, 0.1) is 10.5 Å². The average Bonchev–Trinajstić information content (AvgIpc) is 2.47. The molecule has 2 N–H and O–H groups in total. The topological polar surface area (TPSA) is 83.5 Å². The number of allylic oxidation sites excluding steroid dienone is 1. The fourth-order valence-electron chi connectivity index (χ4n) is 1.81. The van der Waals surface area contributed by atoms with Gasteiger partial charge in [-0.05, 0) is 48.9 Å². The van der Waals surface area contributed by atoms with Crippen molar-refractivity contribution in [3.8, 4) is 0 Å². The molecule has 0 aromatic heterocycles. The molecular weight excluding hydrogens is 302 g/mol. The number of hydrogen-bond donors (Lipinski definition) is 2. The van der Waals surface area contributed by atoms with Gasteiger partial charge < -0.3 is 5.11 Å². The molecule has 0 aliphatic rings. The van der Waals surface area contributed by atoms with E-state index in [-0.39, 0.29) is 10.5 Å². The molecule has 0 unspecified atom stereocenters. The Morgan fingerprint density at radius 3 is 1.95 bits per heavy atom. The number of aromatic carboxylic acids is 1. The van der Waals surface area contributed by atoms with Crippen LogP contribution in [0.5, 0.6) is 0 Å². The Morgan fingerprint density at radius 2 is 1.50 bits per heavy atom. The fourth-order valence-corrected chi connectivity index (χ4v) is 2.87. The number of carboxylic acids is 1. The van der Waals surface area contributed by atoms with Crippen LogP contribution in [0.25, 0.3) is 5.57 Å². The van der Waals surface area contributed by atoms with Gasteiger partial charge in [0.2, 0.25) is 0 Å². The van der Waals surface area contributed by atoms with E-state index < -0.39 is 16.0 Å². The van der Waals surface area contributed by atoms with Crippen molar-refractivity contribution in [2.24, 2.45) is 0 Å². The van der Waals surface area contributed by atoms with Crippen molar-refractivity contribution in [1.29, 1.82) is 0 Å². The summed E-state index contributed by atoms with van der Waals surface area (Å²) in [6.07, 6.45) is 0. The van der Waals surface area contributed by atoms with Crippen molar-refractivity contribution in [3.63, 3.8) is 0 Å². The van der Waals surface area contributed by atoms with Crippen LogP contribution in [0.1, 0.15) is 22.8 Å². The molecule has 0 amide bonds. The van der Waals surface area contributed by atoms with Gasteiger partial charge in [0.25, 0.3) is 10.0 Å². The van der Waals surface area contributed by atoms with Gasteiger partial charge in [-0.25, -0.2) is 13.2 Å². The first-order valence-corrected chi connectivity index (χ1v) is 7.90. The Bertz CT molecular complexity index is 806. The van der Waals surface area contributed by atoms with Crippen LogP contribution in [0.3, 0.4) is 0 Å². The fraction of sp³-hybridized carbons (Fsp3) is 0.0625. The highest BCUT2D eigenvalue weighted by atomic mass is 32.2. The second-order valence-electron chi connectivity index (χ2n) is 4.79. The first kappa shape index (κ1) is 15.8. The zero-order valence-electron chi connectivity index (χ0n) is 11.9. The lowest BCUT2D eigenvalue weighted by Crippen LogP contribution is -2.13. The molecule has 2 rings (SSSR count). The van der Waals surface area contributed by atoms with Gasteiger partial charge in [0.1, 0.15) is 0 Å². The van der Waals surface area contributed by atoms with Gasteiger partial charge in [0, 0.05) is 5.69 Å². The Balaban J connectivity index is 2.23. The molecule has 0 spiro atoms. The van der Waals surface area contributed by atoms with Gasteiger partial charge in [-0.15, -0.1) is 0 Å². The van der Waals surface area contributed by atoms with Crippen LogP contribution in [0.2, 0.25) is 0 Å². The summed E-state index contributed by atoms with van der Waals surface area (Å²) in [5.74, 6) is -1.07. The van der Waals surface area contributed by atoms with E-state index in [1.807, 2.05) is 6.92 Å². The summed E-state index contributed by atoms with van der Waals surface area (Å²) in [5, 5.41) is 8.81. The predicted octanol–water partition coefficient (Wildman–Crippen LogP) is 3.22. The zero-order chi connectivity index (χ0) is 16.3. The molecule has 0 bridgehead atoms. The van der Waals surface area contributed by atoms with Crippen LogP contribution in [0.15, 0.2) is 60.0 Å². The monoisotopic (exact) mass is 317 g/mol. The number of rotatable bonds is 5. The lowest BCUT2D eigenvalue weighted by Gasteiger charge is -2.09. The molecule has 6 heteroatoms. The molecule has 0 saturated heterocycles. The SMILES string of the molecule is C=C(C)c1ccc(S(=O)(=O)Nc2ccc(C(=O)O)cc2)cc1. The summed E-state index contributed by atoms with van der Waals surface area (Å²) in [4.78, 5) is 10.9. The van der Waals surface area contributed by atoms with Crippen LogP contribution in [-0.2, 0) is 10.0 Å². The minimum atomic E-state index is -3.72. The zero-order valence-corrected chi connectivity index (χ0v) is 12.7. The normalized spacial score (nSPS) is 11.0. The molecule has 114 valence electrons. The molecule has 0 saturated carbocycles. The van der Waals surface area contributed by atoms with E-state index in [2.05, 4.69) is 11.3 Å². The summed E-state index contributed by atoms with van der Waals surface area (Å²) in [5.41, 5.74) is 2.11. The standard InChI is InChI=1S/C16H15NO4S/c1-11(2)12-5-9-15(10-6-12)22(20,21)17-14-7-3-13(4-8-14)16(18)19/h3-10,17H,1H2,2H3,(H,18,19). The summed E-state index contributed by atoms with van der Waals surface area (Å²) in [6.45, 7) is 5.63. The second-order valence-corrected chi connectivity index (χ2v) is 6.48. The summed E-state index contributed by atoms with van der Waals surface area (Å²) in [7, 11) is -3.72. The summed E-state index contributed by atoms with van der Waals surface area (Å²) >= 11 is 0. The van der Waals surface area contributed by atoms with Crippen molar-refractivity contribution >= 4 is 27.3 Å². The van der Waals surface area contributed by atoms with Crippen molar-refractivity contribution in [2.75, 3.05) is 4.72 Å². The van der Waals surface area contributed by atoms with Crippen LogP contribution >= 0.6 is 0 Å². The lowest BCUT2D eigenvalue weighted by molar-refractivity contribution is 0.0697. The minimum absolute atomic E-state index is 0.0914. The van der Waals surface area contributed by atoms with E-state index in [1.54, 1.807) is 12.1 Å². The Hall–Kier alpha value is -2.60. The number of nitrogens with one attached hydrogen (secondary N) is 1. The molecule has 0 aliphatic heterocycles. The Morgan fingerprint density at radius 1 is 1.00 bits per heavy atom. The Kier molecular flexibility index (Phi) is 4.32. The van der Waals surface area contributed by atoms with Crippen molar-refractivity contribution in [3.05, 3.63) is 66.2 Å². The van der Waals surface area contributed by atoms with Crippen LogP contribution < -0.4 is 4.72 Å². The second kappa shape index (κ2) is 6.03. The smallest absolute Gasteiger partial charge is 0.335 e. The molecular formula is C16H15NO4S. The average molecular weight is 317 g/mol. The summed E-state index contributed by atoms with van der Waals surface area (Å²) in [6, 6.07) is 11.9. The Labute approximate surface area is 129 Å². The maximum atomic E-state index is 12.3. The third-order valence-electron chi connectivity index (χ3n) is 3.04. The summed E-state index contributed by atoms with van der Waals surface area (Å²) < 4.78 is 26.9. The maximum Gasteiger partial charge on any atom is 0.335 e. The van der Waals surface area contributed by atoms with Crippen LogP contribution in [0.4, 0.5) is 5.69 Å². The molecule has 22 heavy (non-hydrogen) atoms. The molecule has 0 aliphatic carbocycles. The number of carbonyl (C=O) groups is 1. The first-order valence-electron chi connectivity index (χ1n) is 6.42. The molecule has 5 nitrogen and oxygen atoms in total. The highest BCUT2D eigenvalue weighted by Crippen LogP contribution is 2.19. The third-order valence-corrected chi connectivity index (χ3v) is 4.44. The molecule has 2 aromatic carbocycles. The van der Waals surface area contributed by atoms with Gasteiger partial charge in [-0.2, -0.15) is 0 Å². The molecule has 2 aromatic rings. The van der Waals surface area contributed by atoms with Gasteiger partial charge in [-0.1, -0.05) is 24.3 Å². The van der Waals surface area contributed by atoms with Crippen LogP contribution in [-0.4, -0.2) is 19.5 Å². The van der Waals surface area contributed by atoms with Crippen molar-refractivity contribution in [1.82, 2.24) is 0 Å². The first-order chi connectivity index (χ1) is 10.3. The molecule has 0 atom stereocenters. The molecule has 0 radical (unpaired) electrons. The van der Waals surface area contributed by atoms with Crippen molar-refractivity contribution < 1.29 is 18.3 Å². The van der Waals surface area contributed by atoms with Gasteiger partial charge in [0.15, 0.2) is 0 Å². The quantitative estimate of drug-likeness (QED) is 0.887. The van der Waals surface area contributed by atoms with E-state index >= 15 is 0 Å². The van der Waals surface area contributed by atoms with E-state index in [9.17, 15) is 13.2 Å². The highest BCUT2D eigenvalue weighted by Gasteiger charge is 2.14. The van der Waals surface area contributed by atoms with Gasteiger partial charge in [-0.3, -0.25) is 4.72 Å². The number of benzene rings is 2. The third kappa shape index (κ3) is 3.53. The number of sulfonamides is 1. The van der Waals surface area contributed by atoms with Crippen LogP contribution in [0, 0.1) is 0 Å². The largest absolute Gasteiger partial charge is 0.478 e. The highest BCUT2D eigenvalue weighted by molar-refractivity contribution is 7.92. The number of hydrogen-bond acceptors (Lipinski definition) is 3. The van der Waals surface area contributed by atoms with E-state index in [0.717, 1.165) is 11.1 Å². The number of carboxylic acid groups (broad SMARTS) is 1. The minimum Gasteiger partial charge on any atom is -0.478 e. The van der Waals surface area contributed by atoms with Crippen molar-refractivity contribution in [2.45, 2.75) is 11.8 Å². The number of anilines is 1. The van der Waals surface area contributed by atoms with E-state index in [4.69, 9.17) is 5.11 Å². The van der Waals surface area contributed by atoms with E-state index in [1.165, 1.54) is 36.4 Å². The lowest BCUT2D eigenvalue weighted by atomic mass is 10.1. The molecule has 0 heterocycles. The van der Waals surface area contributed by atoms with E-state index in [0.29, 0.717) is 5.69 Å². The predicted molar refractivity (Wildman–Crippen MR) is 85.4 cm³/mol. The van der Waals surface area contributed by atoms with Gasteiger partial charge >= 0.3 is 5.97 Å².